The lowest BCUT2D eigenvalue weighted by Gasteiger charge is -2.37. The van der Waals surface area contributed by atoms with Gasteiger partial charge in [-0.15, -0.1) is 0 Å². The highest BCUT2D eigenvalue weighted by molar-refractivity contribution is 6.09. The highest BCUT2D eigenvalue weighted by Crippen LogP contribution is 2.42. The summed E-state index contributed by atoms with van der Waals surface area (Å²) in [5, 5.41) is 2.84. The summed E-state index contributed by atoms with van der Waals surface area (Å²) in [6.45, 7) is 10.6. The quantitative estimate of drug-likeness (QED) is 0.714. The van der Waals surface area contributed by atoms with Gasteiger partial charge < -0.3 is 15.1 Å². The van der Waals surface area contributed by atoms with Crippen molar-refractivity contribution in [3.63, 3.8) is 0 Å². The van der Waals surface area contributed by atoms with E-state index in [-0.39, 0.29) is 29.8 Å². The first-order valence-electron chi connectivity index (χ1n) is 11.7. The van der Waals surface area contributed by atoms with Crippen molar-refractivity contribution in [1.29, 1.82) is 0 Å². The van der Waals surface area contributed by atoms with E-state index in [0.717, 1.165) is 24.1 Å². The molecule has 0 saturated heterocycles. The Bertz CT molecular complexity index is 840. The summed E-state index contributed by atoms with van der Waals surface area (Å²) in [5.41, 5.74) is 1.71. The summed E-state index contributed by atoms with van der Waals surface area (Å²) in [6.07, 6.45) is 6.13. The summed E-state index contributed by atoms with van der Waals surface area (Å²) in [4.78, 5) is 42.0. The molecule has 1 aliphatic heterocycles. The van der Waals surface area contributed by atoms with Crippen molar-refractivity contribution in [2.45, 2.75) is 90.6 Å². The SMILES string of the molecule is CCC(=O)NCCN1C(=O)C(C)(C)c2ccc(C(=O)N(C(C)C)C3CCCCC3)cc21. The molecule has 6 heteroatoms. The molecule has 2 aliphatic rings. The van der Waals surface area contributed by atoms with Crippen LogP contribution in [0.1, 0.15) is 89.1 Å². The van der Waals surface area contributed by atoms with Crippen LogP contribution < -0.4 is 10.2 Å². The molecule has 3 amide bonds. The molecule has 1 aliphatic carbocycles. The van der Waals surface area contributed by atoms with Crippen LogP contribution >= 0.6 is 0 Å². The van der Waals surface area contributed by atoms with Crippen molar-refractivity contribution < 1.29 is 14.4 Å². The average Bonchev–Trinajstić information content (AvgIpc) is 2.94. The van der Waals surface area contributed by atoms with Gasteiger partial charge in [0, 0.05) is 42.8 Å². The fourth-order valence-corrected chi connectivity index (χ4v) is 4.96. The number of fused-ring (bicyclic) bond motifs is 1. The molecule has 0 spiro atoms. The minimum atomic E-state index is -0.646. The topological polar surface area (TPSA) is 69.7 Å². The lowest BCUT2D eigenvalue weighted by Crippen LogP contribution is -2.45. The number of hydrogen-bond donors (Lipinski definition) is 1. The van der Waals surface area contributed by atoms with Crippen molar-refractivity contribution in [3.8, 4) is 0 Å². The standard InChI is InChI=1S/C25H37N3O3/c1-6-22(29)26-14-15-27-21-16-18(12-13-20(21)25(4,5)24(27)31)23(30)28(17(2)3)19-10-8-7-9-11-19/h12-13,16-17,19H,6-11,14-15H2,1-5H3,(H,26,29). The van der Waals surface area contributed by atoms with Gasteiger partial charge in [-0.1, -0.05) is 32.3 Å². The number of rotatable bonds is 7. The molecule has 0 atom stereocenters. The van der Waals surface area contributed by atoms with Crippen LogP contribution in [0, 0.1) is 0 Å². The maximum Gasteiger partial charge on any atom is 0.254 e. The van der Waals surface area contributed by atoms with E-state index in [9.17, 15) is 14.4 Å². The second-order valence-corrected chi connectivity index (χ2v) is 9.62. The Morgan fingerprint density at radius 2 is 1.87 bits per heavy atom. The normalized spacial score (nSPS) is 18.3. The lowest BCUT2D eigenvalue weighted by molar-refractivity contribution is -0.123. The van der Waals surface area contributed by atoms with Gasteiger partial charge in [-0.2, -0.15) is 0 Å². The van der Waals surface area contributed by atoms with Crippen LogP contribution in [0.3, 0.4) is 0 Å². The zero-order valence-corrected chi connectivity index (χ0v) is 19.7. The number of carbonyl (C=O) groups excluding carboxylic acids is 3. The van der Waals surface area contributed by atoms with Crippen molar-refractivity contribution in [2.75, 3.05) is 18.0 Å². The number of hydrogen-bond acceptors (Lipinski definition) is 3. The molecule has 1 aromatic rings. The molecular formula is C25H37N3O3. The summed E-state index contributed by atoms with van der Waals surface area (Å²) in [6, 6.07) is 6.10. The van der Waals surface area contributed by atoms with Gasteiger partial charge in [-0.3, -0.25) is 14.4 Å². The molecule has 1 aromatic carbocycles. The number of carbonyl (C=O) groups is 3. The smallest absolute Gasteiger partial charge is 0.254 e. The fraction of sp³-hybridized carbons (Fsp3) is 0.640. The van der Waals surface area contributed by atoms with E-state index in [0.29, 0.717) is 25.1 Å². The second kappa shape index (κ2) is 9.41. The van der Waals surface area contributed by atoms with Gasteiger partial charge in [0.2, 0.25) is 11.8 Å². The maximum atomic E-state index is 13.5. The van der Waals surface area contributed by atoms with Crippen molar-refractivity contribution in [1.82, 2.24) is 10.2 Å². The third-order valence-corrected chi connectivity index (χ3v) is 6.73. The third-order valence-electron chi connectivity index (χ3n) is 6.73. The van der Waals surface area contributed by atoms with E-state index >= 15 is 0 Å². The van der Waals surface area contributed by atoms with Gasteiger partial charge in [0.1, 0.15) is 0 Å². The van der Waals surface area contributed by atoms with Gasteiger partial charge in [-0.25, -0.2) is 0 Å². The summed E-state index contributed by atoms with van der Waals surface area (Å²) >= 11 is 0. The Hall–Kier alpha value is -2.37. The summed E-state index contributed by atoms with van der Waals surface area (Å²) in [5.74, 6) is 0.0158. The van der Waals surface area contributed by atoms with Crippen molar-refractivity contribution in [3.05, 3.63) is 29.3 Å². The molecule has 3 rings (SSSR count). The molecule has 0 aromatic heterocycles. The van der Waals surface area contributed by atoms with Gasteiger partial charge in [0.15, 0.2) is 0 Å². The highest BCUT2D eigenvalue weighted by atomic mass is 16.2. The van der Waals surface area contributed by atoms with Crippen LogP contribution in [0.25, 0.3) is 0 Å². The van der Waals surface area contributed by atoms with E-state index in [1.54, 1.807) is 11.8 Å². The lowest BCUT2D eigenvalue weighted by atomic mass is 9.85. The Labute approximate surface area is 186 Å². The molecule has 170 valence electrons. The van der Waals surface area contributed by atoms with Crippen LogP contribution in [-0.4, -0.2) is 47.8 Å². The fourth-order valence-electron chi connectivity index (χ4n) is 4.96. The zero-order valence-electron chi connectivity index (χ0n) is 19.7. The Morgan fingerprint density at radius 1 is 1.19 bits per heavy atom. The van der Waals surface area contributed by atoms with E-state index in [1.807, 2.05) is 36.9 Å². The Balaban J connectivity index is 1.88. The maximum absolute atomic E-state index is 13.5. The van der Waals surface area contributed by atoms with Gasteiger partial charge in [0.05, 0.1) is 5.41 Å². The van der Waals surface area contributed by atoms with Crippen molar-refractivity contribution >= 4 is 23.4 Å². The van der Waals surface area contributed by atoms with Crippen LogP contribution in [0.5, 0.6) is 0 Å². The Morgan fingerprint density at radius 3 is 2.48 bits per heavy atom. The van der Waals surface area contributed by atoms with E-state index in [4.69, 9.17) is 0 Å². The van der Waals surface area contributed by atoms with Gasteiger partial charge in [0.25, 0.3) is 5.91 Å². The van der Waals surface area contributed by atoms with Crippen LogP contribution in [0.4, 0.5) is 5.69 Å². The molecule has 1 heterocycles. The van der Waals surface area contributed by atoms with Crippen LogP contribution in [-0.2, 0) is 15.0 Å². The zero-order chi connectivity index (χ0) is 22.8. The van der Waals surface area contributed by atoms with Crippen molar-refractivity contribution in [2.24, 2.45) is 0 Å². The molecule has 31 heavy (non-hydrogen) atoms. The molecule has 0 unspecified atom stereocenters. The predicted molar refractivity (Wildman–Crippen MR) is 123 cm³/mol. The third kappa shape index (κ3) is 4.63. The first-order chi connectivity index (χ1) is 14.7. The highest BCUT2D eigenvalue weighted by Gasteiger charge is 2.44. The number of benzene rings is 1. The number of anilines is 1. The number of amides is 3. The molecule has 0 bridgehead atoms. The van der Waals surface area contributed by atoms with Gasteiger partial charge in [-0.05, 0) is 58.2 Å². The monoisotopic (exact) mass is 427 g/mol. The average molecular weight is 428 g/mol. The largest absolute Gasteiger partial charge is 0.354 e. The van der Waals surface area contributed by atoms with Gasteiger partial charge >= 0.3 is 0 Å². The molecular weight excluding hydrogens is 390 g/mol. The van der Waals surface area contributed by atoms with E-state index in [2.05, 4.69) is 19.2 Å². The molecule has 1 saturated carbocycles. The van der Waals surface area contributed by atoms with E-state index in [1.165, 1.54) is 19.3 Å². The summed E-state index contributed by atoms with van der Waals surface area (Å²) in [7, 11) is 0. The first kappa shape index (κ1) is 23.3. The number of nitrogens with one attached hydrogen (secondary N) is 1. The Kier molecular flexibility index (Phi) is 7.07. The first-order valence-corrected chi connectivity index (χ1v) is 11.7. The molecule has 1 N–H and O–H groups in total. The summed E-state index contributed by atoms with van der Waals surface area (Å²) < 4.78 is 0. The molecule has 6 nitrogen and oxygen atoms in total. The minimum Gasteiger partial charge on any atom is -0.354 e. The number of nitrogens with zero attached hydrogens (tertiary/aromatic N) is 2. The predicted octanol–water partition coefficient (Wildman–Crippen LogP) is 4.02. The molecule has 1 fully saturated rings. The van der Waals surface area contributed by atoms with Crippen LogP contribution in [0.15, 0.2) is 18.2 Å². The van der Waals surface area contributed by atoms with E-state index < -0.39 is 5.41 Å². The molecule has 0 radical (unpaired) electrons. The minimum absolute atomic E-state index is 0.00541. The second-order valence-electron chi connectivity index (χ2n) is 9.62. The van der Waals surface area contributed by atoms with Crippen LogP contribution in [0.2, 0.25) is 0 Å².